The standard InChI is InChI=1S/C17H26F3N/c1-12(2)7-5-8-13(3)21-14(4)15-9-6-10-16(11-15)17(18,19)20/h6,9-14,21H,5,7-8H2,1-4H3. The molecule has 0 fully saturated rings. The molecule has 1 N–H and O–H groups in total. The summed E-state index contributed by atoms with van der Waals surface area (Å²) < 4.78 is 38.1. The number of rotatable bonds is 7. The van der Waals surface area contributed by atoms with Crippen molar-refractivity contribution in [2.75, 3.05) is 0 Å². The fourth-order valence-electron chi connectivity index (χ4n) is 2.42. The highest BCUT2D eigenvalue weighted by Gasteiger charge is 2.30. The Morgan fingerprint density at radius 3 is 2.29 bits per heavy atom. The fourth-order valence-corrected chi connectivity index (χ4v) is 2.42. The van der Waals surface area contributed by atoms with Crippen LogP contribution < -0.4 is 5.32 Å². The zero-order valence-corrected chi connectivity index (χ0v) is 13.3. The Hall–Kier alpha value is -1.03. The van der Waals surface area contributed by atoms with Gasteiger partial charge in [0.1, 0.15) is 0 Å². The minimum atomic E-state index is -4.28. The number of hydrogen-bond donors (Lipinski definition) is 1. The van der Waals surface area contributed by atoms with Crippen LogP contribution in [0.5, 0.6) is 0 Å². The van der Waals surface area contributed by atoms with Gasteiger partial charge in [-0.2, -0.15) is 13.2 Å². The first-order valence-corrected chi connectivity index (χ1v) is 7.63. The third-order valence-electron chi connectivity index (χ3n) is 3.67. The number of hydrogen-bond acceptors (Lipinski definition) is 1. The first kappa shape index (κ1) is 18.0. The normalized spacial score (nSPS) is 15.2. The molecule has 21 heavy (non-hydrogen) atoms. The van der Waals surface area contributed by atoms with Crippen molar-refractivity contribution in [2.24, 2.45) is 5.92 Å². The summed E-state index contributed by atoms with van der Waals surface area (Å²) in [6.07, 6.45) is -0.912. The van der Waals surface area contributed by atoms with Gasteiger partial charge in [0.05, 0.1) is 5.56 Å². The van der Waals surface area contributed by atoms with Crippen molar-refractivity contribution in [2.45, 2.75) is 65.2 Å². The summed E-state index contributed by atoms with van der Waals surface area (Å²) >= 11 is 0. The van der Waals surface area contributed by atoms with Crippen LogP contribution in [0.25, 0.3) is 0 Å². The van der Waals surface area contributed by atoms with E-state index in [4.69, 9.17) is 0 Å². The second kappa shape index (κ2) is 7.83. The van der Waals surface area contributed by atoms with Crippen LogP contribution in [-0.4, -0.2) is 6.04 Å². The van der Waals surface area contributed by atoms with Crippen molar-refractivity contribution in [3.63, 3.8) is 0 Å². The minimum absolute atomic E-state index is 0.0821. The lowest BCUT2D eigenvalue weighted by atomic mass is 10.0. The monoisotopic (exact) mass is 301 g/mol. The van der Waals surface area contributed by atoms with Crippen molar-refractivity contribution >= 4 is 0 Å². The van der Waals surface area contributed by atoms with Crippen LogP contribution in [0, 0.1) is 5.92 Å². The average Bonchev–Trinajstić information content (AvgIpc) is 2.37. The molecule has 0 aromatic heterocycles. The number of alkyl halides is 3. The molecule has 0 bridgehead atoms. The van der Waals surface area contributed by atoms with E-state index in [1.54, 1.807) is 6.07 Å². The van der Waals surface area contributed by atoms with Crippen LogP contribution >= 0.6 is 0 Å². The molecule has 0 spiro atoms. The van der Waals surface area contributed by atoms with Gasteiger partial charge in [0.15, 0.2) is 0 Å². The Bertz CT molecular complexity index is 426. The van der Waals surface area contributed by atoms with Crippen molar-refractivity contribution in [1.82, 2.24) is 5.32 Å². The van der Waals surface area contributed by atoms with Crippen molar-refractivity contribution in [3.05, 3.63) is 35.4 Å². The molecule has 2 atom stereocenters. The van der Waals surface area contributed by atoms with E-state index in [2.05, 4.69) is 26.1 Å². The van der Waals surface area contributed by atoms with E-state index >= 15 is 0 Å². The van der Waals surface area contributed by atoms with Crippen LogP contribution in [0.1, 0.15) is 64.1 Å². The Balaban J connectivity index is 2.57. The zero-order valence-electron chi connectivity index (χ0n) is 13.3. The molecule has 0 saturated carbocycles. The second-order valence-corrected chi connectivity index (χ2v) is 6.24. The topological polar surface area (TPSA) is 12.0 Å². The second-order valence-electron chi connectivity index (χ2n) is 6.24. The molecule has 1 aromatic carbocycles. The van der Waals surface area contributed by atoms with E-state index in [-0.39, 0.29) is 6.04 Å². The summed E-state index contributed by atoms with van der Waals surface area (Å²) in [5.74, 6) is 0.693. The summed E-state index contributed by atoms with van der Waals surface area (Å²) in [4.78, 5) is 0. The van der Waals surface area contributed by atoms with Gasteiger partial charge in [-0.15, -0.1) is 0 Å². The molecule has 0 heterocycles. The number of halogens is 3. The molecular weight excluding hydrogens is 275 g/mol. The van der Waals surface area contributed by atoms with Gasteiger partial charge < -0.3 is 5.32 Å². The molecule has 1 nitrogen and oxygen atoms in total. The Labute approximate surface area is 125 Å². The molecule has 0 aliphatic rings. The van der Waals surface area contributed by atoms with E-state index in [1.165, 1.54) is 18.6 Å². The van der Waals surface area contributed by atoms with Gasteiger partial charge in [0.25, 0.3) is 0 Å². The summed E-state index contributed by atoms with van der Waals surface area (Å²) in [5.41, 5.74) is 0.0987. The highest BCUT2D eigenvalue weighted by atomic mass is 19.4. The molecule has 0 radical (unpaired) electrons. The molecular formula is C17H26F3N. The number of benzene rings is 1. The average molecular weight is 301 g/mol. The summed E-state index contributed by atoms with van der Waals surface area (Å²) in [6, 6.07) is 5.78. The Kier molecular flexibility index (Phi) is 6.72. The van der Waals surface area contributed by atoms with Crippen molar-refractivity contribution in [1.29, 1.82) is 0 Å². The zero-order chi connectivity index (χ0) is 16.0. The summed E-state index contributed by atoms with van der Waals surface area (Å²) in [6.45, 7) is 8.39. The lowest BCUT2D eigenvalue weighted by Crippen LogP contribution is -2.29. The van der Waals surface area contributed by atoms with E-state index in [0.29, 0.717) is 17.5 Å². The van der Waals surface area contributed by atoms with E-state index in [0.717, 1.165) is 18.9 Å². The molecule has 1 rings (SSSR count). The van der Waals surface area contributed by atoms with Crippen LogP contribution in [-0.2, 0) is 6.18 Å². The maximum Gasteiger partial charge on any atom is 0.416 e. The van der Waals surface area contributed by atoms with E-state index in [1.807, 2.05) is 6.92 Å². The predicted molar refractivity (Wildman–Crippen MR) is 81.1 cm³/mol. The quantitative estimate of drug-likeness (QED) is 0.694. The van der Waals surface area contributed by atoms with Gasteiger partial charge in [-0.1, -0.05) is 38.8 Å². The van der Waals surface area contributed by atoms with Crippen LogP contribution in [0.15, 0.2) is 24.3 Å². The van der Waals surface area contributed by atoms with Crippen LogP contribution in [0.4, 0.5) is 13.2 Å². The largest absolute Gasteiger partial charge is 0.416 e. The third kappa shape index (κ3) is 6.51. The highest BCUT2D eigenvalue weighted by molar-refractivity contribution is 5.27. The lowest BCUT2D eigenvalue weighted by molar-refractivity contribution is -0.137. The summed E-state index contributed by atoms with van der Waals surface area (Å²) in [5, 5.41) is 3.38. The van der Waals surface area contributed by atoms with E-state index in [9.17, 15) is 13.2 Å². The van der Waals surface area contributed by atoms with Gasteiger partial charge in [-0.3, -0.25) is 0 Å². The molecule has 1 aromatic rings. The highest BCUT2D eigenvalue weighted by Crippen LogP contribution is 2.30. The fraction of sp³-hybridized carbons (Fsp3) is 0.647. The van der Waals surface area contributed by atoms with Gasteiger partial charge in [-0.25, -0.2) is 0 Å². The molecule has 120 valence electrons. The van der Waals surface area contributed by atoms with Gasteiger partial charge in [0.2, 0.25) is 0 Å². The van der Waals surface area contributed by atoms with Crippen LogP contribution in [0.2, 0.25) is 0 Å². The maximum absolute atomic E-state index is 12.7. The lowest BCUT2D eigenvalue weighted by Gasteiger charge is -2.21. The maximum atomic E-state index is 12.7. The van der Waals surface area contributed by atoms with Gasteiger partial charge >= 0.3 is 6.18 Å². The first-order valence-electron chi connectivity index (χ1n) is 7.63. The SMILES string of the molecule is CC(C)CCCC(C)NC(C)c1cccc(C(F)(F)F)c1. The smallest absolute Gasteiger partial charge is 0.308 e. The predicted octanol–water partition coefficient (Wildman–Crippen LogP) is 5.57. The van der Waals surface area contributed by atoms with Gasteiger partial charge in [-0.05, 0) is 43.9 Å². The first-order chi connectivity index (χ1) is 9.70. The number of nitrogens with one attached hydrogen (secondary N) is 1. The van der Waals surface area contributed by atoms with Crippen LogP contribution in [0.3, 0.4) is 0 Å². The molecule has 0 aliphatic carbocycles. The third-order valence-corrected chi connectivity index (χ3v) is 3.67. The van der Waals surface area contributed by atoms with Crippen molar-refractivity contribution in [3.8, 4) is 0 Å². The summed E-state index contributed by atoms with van der Waals surface area (Å²) in [7, 11) is 0. The molecule has 2 unspecified atom stereocenters. The molecule has 4 heteroatoms. The molecule has 0 saturated heterocycles. The van der Waals surface area contributed by atoms with Gasteiger partial charge in [0, 0.05) is 12.1 Å². The van der Waals surface area contributed by atoms with Crippen molar-refractivity contribution < 1.29 is 13.2 Å². The van der Waals surface area contributed by atoms with E-state index < -0.39 is 11.7 Å². The molecule has 0 amide bonds. The Morgan fingerprint density at radius 2 is 1.71 bits per heavy atom. The Morgan fingerprint density at radius 1 is 1.05 bits per heavy atom. The molecule has 0 aliphatic heterocycles. The minimum Gasteiger partial charge on any atom is -0.308 e.